The molecule has 0 saturated carbocycles. The van der Waals surface area contributed by atoms with Crippen LogP contribution in [0.3, 0.4) is 0 Å². The number of pyridine rings is 1. The van der Waals surface area contributed by atoms with Crippen molar-refractivity contribution < 1.29 is 0 Å². The van der Waals surface area contributed by atoms with Gasteiger partial charge in [-0.1, -0.05) is 32.9 Å². The summed E-state index contributed by atoms with van der Waals surface area (Å²) in [5.41, 5.74) is 3.92. The minimum atomic E-state index is 0.0493. The Morgan fingerprint density at radius 3 is 2.48 bits per heavy atom. The zero-order valence-corrected chi connectivity index (χ0v) is 14.3. The predicted molar refractivity (Wildman–Crippen MR) is 91.1 cm³/mol. The summed E-state index contributed by atoms with van der Waals surface area (Å²) in [7, 11) is 1.77. The van der Waals surface area contributed by atoms with Crippen molar-refractivity contribution in [2.24, 2.45) is 7.05 Å². The largest absolute Gasteiger partial charge is 0.319 e. The van der Waals surface area contributed by atoms with Crippen LogP contribution in [0.15, 0.2) is 46.2 Å². The predicted octanol–water partition coefficient (Wildman–Crippen LogP) is 4.28. The van der Waals surface area contributed by atoms with Gasteiger partial charge in [0.25, 0.3) is 5.56 Å². The monoisotopic (exact) mass is 301 g/mol. The van der Waals surface area contributed by atoms with Gasteiger partial charge in [-0.15, -0.1) is 11.8 Å². The van der Waals surface area contributed by atoms with E-state index in [1.807, 2.05) is 12.3 Å². The van der Waals surface area contributed by atoms with Crippen molar-refractivity contribution in [3.8, 4) is 0 Å². The maximum atomic E-state index is 11.7. The van der Waals surface area contributed by atoms with Crippen molar-refractivity contribution in [1.29, 1.82) is 0 Å². The average molecular weight is 301 g/mol. The third-order valence-electron chi connectivity index (χ3n) is 3.62. The molecular formula is C18H23NOS. The van der Waals surface area contributed by atoms with Crippen LogP contribution in [0.4, 0.5) is 0 Å². The van der Waals surface area contributed by atoms with Crippen molar-refractivity contribution in [3.05, 3.63) is 63.6 Å². The van der Waals surface area contributed by atoms with Gasteiger partial charge in [-0.05, 0) is 41.2 Å². The molecule has 2 rings (SSSR count). The smallest absolute Gasteiger partial charge is 0.250 e. The molecule has 0 aliphatic rings. The van der Waals surface area contributed by atoms with Gasteiger partial charge in [-0.3, -0.25) is 4.79 Å². The third kappa shape index (κ3) is 4.01. The van der Waals surface area contributed by atoms with Crippen LogP contribution >= 0.6 is 11.8 Å². The van der Waals surface area contributed by atoms with Crippen LogP contribution in [0, 0.1) is 6.92 Å². The number of nitrogens with zero attached hydrogens (tertiary/aromatic N) is 1. The average Bonchev–Trinajstić information content (AvgIpc) is 2.40. The Hall–Kier alpha value is -1.48. The molecule has 0 radical (unpaired) electrons. The highest BCUT2D eigenvalue weighted by molar-refractivity contribution is 7.98. The van der Waals surface area contributed by atoms with E-state index in [0.29, 0.717) is 0 Å². The lowest BCUT2D eigenvalue weighted by atomic mass is 9.87. The molecule has 1 aromatic carbocycles. The quantitative estimate of drug-likeness (QED) is 0.789. The highest BCUT2D eigenvalue weighted by atomic mass is 32.2. The van der Waals surface area contributed by atoms with Gasteiger partial charge in [0.1, 0.15) is 0 Å². The number of aromatic nitrogens is 1. The van der Waals surface area contributed by atoms with Crippen LogP contribution in [-0.4, -0.2) is 4.57 Å². The molecule has 1 aromatic heterocycles. The first-order chi connectivity index (χ1) is 9.77. The van der Waals surface area contributed by atoms with E-state index in [4.69, 9.17) is 0 Å². The van der Waals surface area contributed by atoms with Crippen molar-refractivity contribution >= 4 is 11.8 Å². The SMILES string of the molecule is Cc1ccc(C(C)(C)C)cc1SCc1ccn(C)c(=O)c1. The van der Waals surface area contributed by atoms with Crippen molar-refractivity contribution in [3.63, 3.8) is 0 Å². The summed E-state index contributed by atoms with van der Waals surface area (Å²) < 4.78 is 1.60. The van der Waals surface area contributed by atoms with Crippen LogP contribution < -0.4 is 5.56 Å². The second-order valence-electron chi connectivity index (χ2n) is 6.50. The molecule has 0 aliphatic carbocycles. The fourth-order valence-electron chi connectivity index (χ4n) is 2.06. The molecule has 21 heavy (non-hydrogen) atoms. The number of thioether (sulfide) groups is 1. The molecule has 2 aromatic rings. The van der Waals surface area contributed by atoms with E-state index in [9.17, 15) is 4.79 Å². The minimum Gasteiger partial charge on any atom is -0.319 e. The molecule has 0 amide bonds. The molecule has 3 heteroatoms. The van der Waals surface area contributed by atoms with E-state index in [1.165, 1.54) is 16.0 Å². The van der Waals surface area contributed by atoms with Crippen molar-refractivity contribution in [2.45, 2.75) is 43.8 Å². The number of hydrogen-bond acceptors (Lipinski definition) is 2. The van der Waals surface area contributed by atoms with Crippen LogP contribution in [0.5, 0.6) is 0 Å². The molecular weight excluding hydrogens is 278 g/mol. The summed E-state index contributed by atoms with van der Waals surface area (Å²) in [5.74, 6) is 0.824. The fourth-order valence-corrected chi connectivity index (χ4v) is 3.07. The van der Waals surface area contributed by atoms with Gasteiger partial charge in [0.05, 0.1) is 0 Å². The van der Waals surface area contributed by atoms with E-state index < -0.39 is 0 Å². The molecule has 0 atom stereocenters. The van der Waals surface area contributed by atoms with Gasteiger partial charge in [0.2, 0.25) is 0 Å². The Bertz CT molecular complexity index is 695. The van der Waals surface area contributed by atoms with Crippen LogP contribution in [0.1, 0.15) is 37.5 Å². The molecule has 112 valence electrons. The van der Waals surface area contributed by atoms with E-state index in [0.717, 1.165) is 11.3 Å². The number of rotatable bonds is 3. The number of hydrogen-bond donors (Lipinski definition) is 0. The molecule has 0 bridgehead atoms. The lowest BCUT2D eigenvalue weighted by Gasteiger charge is -2.20. The minimum absolute atomic E-state index is 0.0493. The molecule has 0 saturated heterocycles. The van der Waals surface area contributed by atoms with E-state index in [-0.39, 0.29) is 11.0 Å². The highest BCUT2D eigenvalue weighted by Gasteiger charge is 2.14. The van der Waals surface area contributed by atoms with Gasteiger partial charge in [-0.2, -0.15) is 0 Å². The lowest BCUT2D eigenvalue weighted by molar-refractivity contribution is 0.588. The van der Waals surface area contributed by atoms with E-state index in [1.54, 1.807) is 29.4 Å². The van der Waals surface area contributed by atoms with Crippen LogP contribution in [-0.2, 0) is 18.2 Å². The fraction of sp³-hybridized carbons (Fsp3) is 0.389. The number of aryl methyl sites for hydroxylation is 2. The summed E-state index contributed by atoms with van der Waals surface area (Å²) in [6, 6.07) is 10.4. The molecule has 0 aliphatic heterocycles. The lowest BCUT2D eigenvalue weighted by Crippen LogP contribution is -2.14. The summed E-state index contributed by atoms with van der Waals surface area (Å²) in [5, 5.41) is 0. The Kier molecular flexibility index (Phi) is 4.62. The second kappa shape index (κ2) is 6.10. The van der Waals surface area contributed by atoms with Crippen molar-refractivity contribution in [2.75, 3.05) is 0 Å². The highest BCUT2D eigenvalue weighted by Crippen LogP contribution is 2.31. The van der Waals surface area contributed by atoms with Crippen LogP contribution in [0.2, 0.25) is 0 Å². The van der Waals surface area contributed by atoms with Gasteiger partial charge >= 0.3 is 0 Å². The summed E-state index contributed by atoms with van der Waals surface area (Å²) in [4.78, 5) is 13.0. The molecule has 0 fully saturated rings. The maximum absolute atomic E-state index is 11.7. The topological polar surface area (TPSA) is 22.0 Å². The van der Waals surface area contributed by atoms with Crippen molar-refractivity contribution in [1.82, 2.24) is 4.57 Å². The number of benzene rings is 1. The zero-order chi connectivity index (χ0) is 15.6. The Morgan fingerprint density at radius 1 is 1.14 bits per heavy atom. The van der Waals surface area contributed by atoms with Gasteiger partial charge < -0.3 is 4.57 Å². The molecule has 1 heterocycles. The first-order valence-corrected chi connectivity index (χ1v) is 8.15. The standard InChI is InChI=1S/C18H23NOS/c1-13-6-7-15(18(2,3)4)11-16(13)21-12-14-8-9-19(5)17(20)10-14/h6-11H,12H2,1-5H3. The summed E-state index contributed by atoms with van der Waals surface area (Å²) >= 11 is 1.80. The summed E-state index contributed by atoms with van der Waals surface area (Å²) in [6.45, 7) is 8.83. The molecule has 2 nitrogen and oxygen atoms in total. The first kappa shape index (κ1) is 15.9. The second-order valence-corrected chi connectivity index (χ2v) is 7.52. The maximum Gasteiger partial charge on any atom is 0.250 e. The third-order valence-corrected chi connectivity index (χ3v) is 4.85. The van der Waals surface area contributed by atoms with Gasteiger partial charge in [0, 0.05) is 30.0 Å². The Morgan fingerprint density at radius 2 is 1.86 bits per heavy atom. The molecule has 0 spiro atoms. The normalized spacial score (nSPS) is 11.7. The Balaban J connectivity index is 2.19. The van der Waals surface area contributed by atoms with E-state index in [2.05, 4.69) is 45.9 Å². The summed E-state index contributed by atoms with van der Waals surface area (Å²) in [6.07, 6.45) is 1.83. The molecule has 0 unspecified atom stereocenters. The van der Waals surface area contributed by atoms with Gasteiger partial charge in [-0.25, -0.2) is 0 Å². The Labute approximate surface area is 131 Å². The zero-order valence-electron chi connectivity index (χ0n) is 13.4. The first-order valence-electron chi connectivity index (χ1n) is 7.17. The van der Waals surface area contributed by atoms with Gasteiger partial charge in [0.15, 0.2) is 0 Å². The van der Waals surface area contributed by atoms with Crippen LogP contribution in [0.25, 0.3) is 0 Å². The van der Waals surface area contributed by atoms with E-state index >= 15 is 0 Å². The molecule has 0 N–H and O–H groups in total.